The van der Waals surface area contributed by atoms with Gasteiger partial charge in [0.2, 0.25) is 10.0 Å². The number of aromatic hydroxyl groups is 1. The van der Waals surface area contributed by atoms with E-state index in [1.807, 2.05) is 0 Å². The molecule has 1 aromatic carbocycles. The zero-order valence-electron chi connectivity index (χ0n) is 9.18. The van der Waals surface area contributed by atoms with Gasteiger partial charge in [-0.25, -0.2) is 8.42 Å². The van der Waals surface area contributed by atoms with Gasteiger partial charge in [0.05, 0.1) is 9.82 Å². The molecule has 2 rings (SSSR count). The van der Waals surface area contributed by atoms with Gasteiger partial charge in [-0.3, -0.25) is 10.1 Å². The van der Waals surface area contributed by atoms with E-state index in [0.29, 0.717) is 0 Å². The first-order chi connectivity index (χ1) is 8.32. The van der Waals surface area contributed by atoms with Crippen molar-refractivity contribution in [2.45, 2.75) is 10.9 Å². The number of benzene rings is 1. The number of rotatable bonds is 3. The van der Waals surface area contributed by atoms with Gasteiger partial charge in [-0.05, 0) is 12.1 Å². The molecule has 0 radical (unpaired) electrons. The molecule has 0 aromatic heterocycles. The lowest BCUT2D eigenvalue weighted by molar-refractivity contribution is -0.386. The lowest BCUT2D eigenvalue weighted by Crippen LogP contribution is -2.57. The van der Waals surface area contributed by atoms with E-state index in [9.17, 15) is 23.6 Å². The summed E-state index contributed by atoms with van der Waals surface area (Å²) in [5.74, 6) is -0.570. The molecule has 1 aliphatic heterocycles. The van der Waals surface area contributed by atoms with Crippen LogP contribution in [0.25, 0.3) is 0 Å². The first kappa shape index (κ1) is 12.7. The Bertz CT molecular complexity index is 594. The number of nitro benzene ring substituents is 1. The van der Waals surface area contributed by atoms with Crippen molar-refractivity contribution in [3.8, 4) is 5.75 Å². The summed E-state index contributed by atoms with van der Waals surface area (Å²) in [5, 5.41) is 19.9. The monoisotopic (exact) mass is 273 g/mol. The second-order valence-electron chi connectivity index (χ2n) is 3.99. The fourth-order valence-corrected chi connectivity index (χ4v) is 3.20. The van der Waals surface area contributed by atoms with Crippen molar-refractivity contribution in [3.63, 3.8) is 0 Å². The SMILES string of the molecule is NC1CN(S(=O)(=O)c2ccc(O)c([N+](=O)[O-])c2)C1. The lowest BCUT2D eigenvalue weighted by Gasteiger charge is -2.35. The molecule has 9 heteroatoms. The van der Waals surface area contributed by atoms with Crippen LogP contribution >= 0.6 is 0 Å². The largest absolute Gasteiger partial charge is 0.502 e. The highest BCUT2D eigenvalue weighted by Crippen LogP contribution is 2.30. The zero-order chi connectivity index (χ0) is 13.5. The van der Waals surface area contributed by atoms with Gasteiger partial charge in [-0.1, -0.05) is 0 Å². The Labute approximate surface area is 103 Å². The van der Waals surface area contributed by atoms with E-state index in [1.54, 1.807) is 0 Å². The van der Waals surface area contributed by atoms with Crippen molar-refractivity contribution in [1.82, 2.24) is 4.31 Å². The van der Waals surface area contributed by atoms with Crippen molar-refractivity contribution in [2.24, 2.45) is 5.73 Å². The molecule has 0 atom stereocenters. The average Bonchev–Trinajstić information content (AvgIpc) is 2.24. The van der Waals surface area contributed by atoms with Crippen molar-refractivity contribution in [2.75, 3.05) is 13.1 Å². The highest BCUT2D eigenvalue weighted by molar-refractivity contribution is 7.89. The van der Waals surface area contributed by atoms with Crippen LogP contribution in [0.4, 0.5) is 5.69 Å². The Hall–Kier alpha value is -1.71. The van der Waals surface area contributed by atoms with Crippen LogP contribution in [-0.4, -0.2) is 41.9 Å². The third-order valence-electron chi connectivity index (χ3n) is 2.66. The molecule has 8 nitrogen and oxygen atoms in total. The quantitative estimate of drug-likeness (QED) is 0.571. The number of sulfonamides is 1. The first-order valence-corrected chi connectivity index (χ1v) is 6.49. The number of hydrogen-bond donors (Lipinski definition) is 2. The van der Waals surface area contributed by atoms with E-state index >= 15 is 0 Å². The van der Waals surface area contributed by atoms with Crippen LogP contribution < -0.4 is 5.73 Å². The predicted octanol–water partition coefficient (Wildman–Crippen LogP) is -0.368. The summed E-state index contributed by atoms with van der Waals surface area (Å²) < 4.78 is 25.2. The zero-order valence-corrected chi connectivity index (χ0v) is 10.0. The highest BCUT2D eigenvalue weighted by atomic mass is 32.2. The number of phenolic OH excluding ortho intramolecular Hbond substituents is 1. The molecule has 3 N–H and O–H groups in total. The summed E-state index contributed by atoms with van der Waals surface area (Å²) >= 11 is 0. The predicted molar refractivity (Wildman–Crippen MR) is 61.5 cm³/mol. The summed E-state index contributed by atoms with van der Waals surface area (Å²) in [6, 6.07) is 2.76. The van der Waals surface area contributed by atoms with Gasteiger partial charge in [0.1, 0.15) is 0 Å². The fraction of sp³-hybridized carbons (Fsp3) is 0.333. The second-order valence-corrected chi connectivity index (χ2v) is 5.93. The first-order valence-electron chi connectivity index (χ1n) is 5.05. The normalized spacial score (nSPS) is 17.4. The number of phenols is 1. The average molecular weight is 273 g/mol. The number of hydrogen-bond acceptors (Lipinski definition) is 6. The van der Waals surface area contributed by atoms with E-state index < -0.39 is 26.4 Å². The van der Waals surface area contributed by atoms with Crippen LogP contribution in [0.2, 0.25) is 0 Å². The maximum absolute atomic E-state index is 12.0. The molecule has 98 valence electrons. The Morgan fingerprint density at radius 2 is 2.06 bits per heavy atom. The van der Waals surface area contributed by atoms with Gasteiger partial charge in [-0.15, -0.1) is 0 Å². The summed E-state index contributed by atoms with van der Waals surface area (Å²) in [4.78, 5) is 9.56. The maximum Gasteiger partial charge on any atom is 0.312 e. The van der Waals surface area contributed by atoms with E-state index in [-0.39, 0.29) is 24.0 Å². The van der Waals surface area contributed by atoms with E-state index in [2.05, 4.69) is 0 Å². The summed E-state index contributed by atoms with van der Waals surface area (Å²) in [6.07, 6.45) is 0. The molecule has 0 saturated carbocycles. The molecular weight excluding hydrogens is 262 g/mol. The molecule has 1 saturated heterocycles. The van der Waals surface area contributed by atoms with Crippen LogP contribution in [0.1, 0.15) is 0 Å². The van der Waals surface area contributed by atoms with E-state index in [0.717, 1.165) is 22.5 Å². The van der Waals surface area contributed by atoms with Crippen LogP contribution in [0.5, 0.6) is 5.75 Å². The van der Waals surface area contributed by atoms with Crippen molar-refractivity contribution >= 4 is 15.7 Å². The number of nitro groups is 1. The standard InChI is InChI=1S/C9H11N3O5S/c10-6-4-11(5-6)18(16,17)7-1-2-9(13)8(3-7)12(14)15/h1-3,6,13H,4-5,10H2. The summed E-state index contributed by atoms with van der Waals surface area (Å²) in [7, 11) is -3.77. The molecule has 0 amide bonds. The van der Waals surface area contributed by atoms with E-state index in [4.69, 9.17) is 5.73 Å². The van der Waals surface area contributed by atoms with Gasteiger partial charge < -0.3 is 10.8 Å². The van der Waals surface area contributed by atoms with Gasteiger partial charge in [0.25, 0.3) is 0 Å². The van der Waals surface area contributed by atoms with Crippen molar-refractivity contribution in [3.05, 3.63) is 28.3 Å². The third kappa shape index (κ3) is 2.03. The molecule has 0 bridgehead atoms. The number of nitrogens with zero attached hydrogens (tertiary/aromatic N) is 2. The second kappa shape index (κ2) is 4.19. The maximum atomic E-state index is 12.0. The Balaban J connectivity index is 2.40. The molecule has 1 fully saturated rings. The molecular formula is C9H11N3O5S. The Morgan fingerprint density at radius 3 is 2.56 bits per heavy atom. The van der Waals surface area contributed by atoms with Crippen molar-refractivity contribution in [1.29, 1.82) is 0 Å². The number of nitrogens with two attached hydrogens (primary N) is 1. The molecule has 18 heavy (non-hydrogen) atoms. The highest BCUT2D eigenvalue weighted by Gasteiger charge is 2.35. The van der Waals surface area contributed by atoms with Gasteiger partial charge in [-0.2, -0.15) is 4.31 Å². The Morgan fingerprint density at radius 1 is 1.44 bits per heavy atom. The summed E-state index contributed by atoms with van der Waals surface area (Å²) in [5.41, 5.74) is 4.85. The van der Waals surface area contributed by atoms with Crippen LogP contribution in [0, 0.1) is 10.1 Å². The third-order valence-corrected chi connectivity index (χ3v) is 4.49. The Kier molecular flexibility index (Phi) is 2.97. The summed E-state index contributed by atoms with van der Waals surface area (Å²) in [6.45, 7) is 0.383. The van der Waals surface area contributed by atoms with Crippen LogP contribution in [0.15, 0.2) is 23.1 Å². The molecule has 1 aliphatic rings. The van der Waals surface area contributed by atoms with E-state index in [1.165, 1.54) is 0 Å². The minimum absolute atomic E-state index is 0.191. The molecule has 0 aliphatic carbocycles. The molecule has 1 aromatic rings. The van der Waals surface area contributed by atoms with Gasteiger partial charge in [0, 0.05) is 25.2 Å². The smallest absolute Gasteiger partial charge is 0.312 e. The van der Waals surface area contributed by atoms with Crippen LogP contribution in [-0.2, 0) is 10.0 Å². The lowest BCUT2D eigenvalue weighted by atomic mass is 10.2. The fourth-order valence-electron chi connectivity index (χ4n) is 1.62. The minimum Gasteiger partial charge on any atom is -0.502 e. The minimum atomic E-state index is -3.77. The topological polar surface area (TPSA) is 127 Å². The van der Waals surface area contributed by atoms with Crippen molar-refractivity contribution < 1.29 is 18.4 Å². The molecule has 1 heterocycles. The van der Waals surface area contributed by atoms with Gasteiger partial charge in [0.15, 0.2) is 5.75 Å². The van der Waals surface area contributed by atoms with Gasteiger partial charge >= 0.3 is 5.69 Å². The molecule has 0 unspecified atom stereocenters. The molecule has 0 spiro atoms. The van der Waals surface area contributed by atoms with Crippen LogP contribution in [0.3, 0.4) is 0 Å².